The van der Waals surface area contributed by atoms with Crippen LogP contribution >= 0.6 is 0 Å². The summed E-state index contributed by atoms with van der Waals surface area (Å²) in [5.41, 5.74) is 2.90. The summed E-state index contributed by atoms with van der Waals surface area (Å²) in [6.45, 7) is 6.02. The van der Waals surface area contributed by atoms with Crippen LogP contribution in [0.25, 0.3) is 11.4 Å². The number of carbonyl (C=O) groups is 2. The van der Waals surface area contributed by atoms with Gasteiger partial charge < -0.3 is 14.5 Å². The molecule has 25 heavy (non-hydrogen) atoms. The second-order valence-electron chi connectivity index (χ2n) is 4.77. The van der Waals surface area contributed by atoms with Crippen molar-refractivity contribution in [1.82, 2.24) is 9.97 Å². The van der Waals surface area contributed by atoms with Crippen molar-refractivity contribution in [3.63, 3.8) is 0 Å². The maximum Gasteiger partial charge on any atom is 0.213 e. The van der Waals surface area contributed by atoms with Crippen molar-refractivity contribution < 1.29 is 19.1 Å². The van der Waals surface area contributed by atoms with E-state index in [2.05, 4.69) is 14.7 Å². The average molecular weight is 348 g/mol. The van der Waals surface area contributed by atoms with E-state index in [1.54, 1.807) is 27.4 Å². The van der Waals surface area contributed by atoms with Crippen LogP contribution in [0.3, 0.4) is 0 Å². The summed E-state index contributed by atoms with van der Waals surface area (Å²) in [4.78, 5) is 29.6. The summed E-state index contributed by atoms with van der Waals surface area (Å²) in [5.74, 6) is 0.486. The van der Waals surface area contributed by atoms with Gasteiger partial charge in [-0.2, -0.15) is 0 Å². The third-order valence-electron chi connectivity index (χ3n) is 3.10. The van der Waals surface area contributed by atoms with Crippen LogP contribution in [0.4, 0.5) is 0 Å². The van der Waals surface area contributed by atoms with E-state index in [1.807, 2.05) is 32.9 Å². The van der Waals surface area contributed by atoms with Gasteiger partial charge in [0, 0.05) is 25.8 Å². The number of carbonyl (C=O) groups excluding carboxylic acids is 2. The van der Waals surface area contributed by atoms with Crippen molar-refractivity contribution in [3.8, 4) is 17.3 Å². The molecule has 0 bridgehead atoms. The second-order valence-corrected chi connectivity index (χ2v) is 4.77. The summed E-state index contributed by atoms with van der Waals surface area (Å²) in [6, 6.07) is 5.38. The molecule has 0 saturated heterocycles. The number of nitrogens with zero attached hydrogens (tertiary/aromatic N) is 1. The van der Waals surface area contributed by atoms with Gasteiger partial charge in [0.1, 0.15) is 0 Å². The molecule has 0 unspecified atom stereocenters. The van der Waals surface area contributed by atoms with E-state index in [4.69, 9.17) is 4.74 Å². The Labute approximate surface area is 149 Å². The lowest BCUT2D eigenvalue weighted by atomic mass is 10.0. The Bertz CT molecular complexity index is 651. The van der Waals surface area contributed by atoms with Gasteiger partial charge in [-0.1, -0.05) is 33.3 Å². The molecule has 0 atom stereocenters. The van der Waals surface area contributed by atoms with Gasteiger partial charge in [-0.05, 0) is 18.1 Å². The molecule has 0 spiro atoms. The molecule has 0 radical (unpaired) electrons. The monoisotopic (exact) mass is 348 g/mol. The summed E-state index contributed by atoms with van der Waals surface area (Å²) in [7, 11) is 4.79. The average Bonchev–Trinajstić information content (AvgIpc) is 3.02. The third kappa shape index (κ3) is 6.15. The number of nitrogens with one attached hydrogen (secondary N) is 1. The molecule has 0 aliphatic carbocycles. The van der Waals surface area contributed by atoms with Gasteiger partial charge in [-0.25, -0.2) is 4.98 Å². The molecule has 6 heteroatoms. The molecular formula is C19H28N2O4. The van der Waals surface area contributed by atoms with E-state index < -0.39 is 0 Å². The molecule has 2 rings (SSSR count). The van der Waals surface area contributed by atoms with Crippen LogP contribution < -0.4 is 4.74 Å². The number of aromatic nitrogens is 2. The second kappa shape index (κ2) is 12.9. The lowest BCUT2D eigenvalue weighted by Crippen LogP contribution is -1.94. The van der Waals surface area contributed by atoms with Crippen molar-refractivity contribution >= 4 is 12.6 Å². The molecule has 1 N–H and O–H groups in total. The molecule has 6 nitrogen and oxygen atoms in total. The zero-order chi connectivity index (χ0) is 19.2. The number of pyridine rings is 1. The Morgan fingerprint density at radius 2 is 1.76 bits per heavy atom. The zero-order valence-electron chi connectivity index (χ0n) is 15.9. The number of hydrogen-bond acceptors (Lipinski definition) is 5. The van der Waals surface area contributed by atoms with Gasteiger partial charge in [0.05, 0.1) is 24.2 Å². The fraction of sp³-hybridized carbons (Fsp3) is 0.421. The molecule has 0 amide bonds. The van der Waals surface area contributed by atoms with Gasteiger partial charge >= 0.3 is 0 Å². The first-order valence-corrected chi connectivity index (χ1v) is 8.23. The standard InChI is InChI=1S/C15H16N2O3.C2H6O.C2H6/c1-3-5-10-11(8-18)13(9-19)17-15(10)12-6-4-7-14(16-12)20-2;1-3-2;1-2/h4,6-9,17H,3,5H2,1-2H3;1-2H3;1-2H3. The number of H-pyrrole nitrogens is 1. The predicted octanol–water partition coefficient (Wildman–Crippen LogP) is 3.95. The third-order valence-corrected chi connectivity index (χ3v) is 3.10. The number of ether oxygens (including phenoxy) is 2. The first-order chi connectivity index (χ1) is 12.2. The fourth-order valence-electron chi connectivity index (χ4n) is 2.20. The summed E-state index contributed by atoms with van der Waals surface area (Å²) in [5, 5.41) is 0. The van der Waals surface area contributed by atoms with Crippen LogP contribution in [-0.2, 0) is 11.2 Å². The van der Waals surface area contributed by atoms with Crippen LogP contribution in [0.1, 0.15) is 53.6 Å². The Morgan fingerprint density at radius 1 is 1.12 bits per heavy atom. The molecule has 2 aromatic heterocycles. The number of aromatic amines is 1. The molecule has 0 fully saturated rings. The van der Waals surface area contributed by atoms with E-state index in [9.17, 15) is 9.59 Å². The first-order valence-electron chi connectivity index (χ1n) is 8.23. The maximum absolute atomic E-state index is 11.2. The first kappa shape index (κ1) is 22.5. The van der Waals surface area contributed by atoms with Gasteiger partial charge in [-0.3, -0.25) is 9.59 Å². The number of aldehydes is 2. The Morgan fingerprint density at radius 3 is 2.24 bits per heavy atom. The van der Waals surface area contributed by atoms with E-state index in [0.29, 0.717) is 41.2 Å². The Hall–Kier alpha value is -2.47. The van der Waals surface area contributed by atoms with Gasteiger partial charge in [0.15, 0.2) is 12.6 Å². The minimum Gasteiger partial charge on any atom is -0.481 e. The number of methoxy groups -OCH3 is 2. The van der Waals surface area contributed by atoms with Crippen LogP contribution in [0.2, 0.25) is 0 Å². The van der Waals surface area contributed by atoms with E-state index in [-0.39, 0.29) is 0 Å². The van der Waals surface area contributed by atoms with Crippen molar-refractivity contribution in [1.29, 1.82) is 0 Å². The molecule has 0 aromatic carbocycles. The number of hydrogen-bond donors (Lipinski definition) is 1. The highest BCUT2D eigenvalue weighted by atomic mass is 16.5. The van der Waals surface area contributed by atoms with Crippen molar-refractivity contribution in [3.05, 3.63) is 35.0 Å². The molecule has 0 saturated carbocycles. The largest absolute Gasteiger partial charge is 0.481 e. The van der Waals surface area contributed by atoms with E-state index >= 15 is 0 Å². The van der Waals surface area contributed by atoms with Gasteiger partial charge in [0.2, 0.25) is 5.88 Å². The Kier molecular flexibility index (Phi) is 11.6. The smallest absolute Gasteiger partial charge is 0.213 e. The lowest BCUT2D eigenvalue weighted by molar-refractivity contribution is 0.109. The van der Waals surface area contributed by atoms with Crippen molar-refractivity contribution in [2.45, 2.75) is 33.6 Å². The minimum atomic E-state index is 0.295. The highest BCUT2D eigenvalue weighted by Gasteiger charge is 2.18. The van der Waals surface area contributed by atoms with Crippen LogP contribution in [0.15, 0.2) is 18.2 Å². The molecular weight excluding hydrogens is 320 g/mol. The number of rotatable bonds is 6. The fourth-order valence-corrected chi connectivity index (χ4v) is 2.20. The van der Waals surface area contributed by atoms with Crippen LogP contribution in [-0.4, -0.2) is 43.9 Å². The molecule has 0 aliphatic rings. The van der Waals surface area contributed by atoms with Crippen LogP contribution in [0.5, 0.6) is 5.88 Å². The molecule has 2 aromatic rings. The molecule has 138 valence electrons. The van der Waals surface area contributed by atoms with Gasteiger partial charge in [-0.15, -0.1) is 0 Å². The highest BCUT2D eigenvalue weighted by molar-refractivity contribution is 5.93. The molecule has 2 heterocycles. The maximum atomic E-state index is 11.2. The summed E-state index contributed by atoms with van der Waals surface area (Å²) < 4.78 is 9.35. The quantitative estimate of drug-likeness (QED) is 0.799. The normalized spacial score (nSPS) is 9.20. The van der Waals surface area contributed by atoms with E-state index in [0.717, 1.165) is 18.3 Å². The van der Waals surface area contributed by atoms with Gasteiger partial charge in [0.25, 0.3) is 0 Å². The minimum absolute atomic E-state index is 0.295. The van der Waals surface area contributed by atoms with Crippen molar-refractivity contribution in [2.75, 3.05) is 21.3 Å². The van der Waals surface area contributed by atoms with E-state index in [1.165, 1.54) is 0 Å². The van der Waals surface area contributed by atoms with Crippen LogP contribution in [0, 0.1) is 0 Å². The lowest BCUT2D eigenvalue weighted by Gasteiger charge is -2.05. The Balaban J connectivity index is 0.00000104. The summed E-state index contributed by atoms with van der Waals surface area (Å²) in [6.07, 6.45) is 2.95. The zero-order valence-corrected chi connectivity index (χ0v) is 15.9. The van der Waals surface area contributed by atoms with Crippen molar-refractivity contribution in [2.24, 2.45) is 0 Å². The molecule has 0 aliphatic heterocycles. The topological polar surface area (TPSA) is 81.3 Å². The predicted molar refractivity (Wildman–Crippen MR) is 99.6 cm³/mol. The highest BCUT2D eigenvalue weighted by Crippen LogP contribution is 2.28. The summed E-state index contributed by atoms with van der Waals surface area (Å²) >= 11 is 0. The SMILES string of the molecule is CC.CCCc1c(-c2cccc(OC)n2)[nH]c(C=O)c1C=O.COC.